The van der Waals surface area contributed by atoms with Gasteiger partial charge >= 0.3 is 0 Å². The van der Waals surface area contributed by atoms with Crippen molar-refractivity contribution in [2.45, 2.75) is 6.92 Å². The van der Waals surface area contributed by atoms with E-state index >= 15 is 0 Å². The number of para-hydroxylation sites is 1. The van der Waals surface area contributed by atoms with Gasteiger partial charge in [-0.1, -0.05) is 35.0 Å². The number of nitrogens with zero attached hydrogens (tertiary/aromatic N) is 4. The summed E-state index contributed by atoms with van der Waals surface area (Å²) in [6.45, 7) is 1.72. The molecular formula is C23H18ClN5O4. The molecule has 2 aromatic carbocycles. The number of nitrogens with one attached hydrogen (secondary N) is 1. The molecular weight excluding hydrogens is 446 g/mol. The Hall–Kier alpha value is -4.11. The molecule has 0 aliphatic heterocycles. The first kappa shape index (κ1) is 20.8. The van der Waals surface area contributed by atoms with Crippen molar-refractivity contribution in [2.75, 3.05) is 12.4 Å². The highest BCUT2D eigenvalue weighted by Crippen LogP contribution is 2.30. The number of halogens is 1. The van der Waals surface area contributed by atoms with Gasteiger partial charge in [0.1, 0.15) is 17.0 Å². The molecule has 3 aromatic heterocycles. The second kappa shape index (κ2) is 7.79. The number of benzene rings is 2. The molecule has 0 aliphatic rings. The summed E-state index contributed by atoms with van der Waals surface area (Å²) in [5.74, 6) is 0.723. The fraction of sp³-hybridized carbons (Fsp3) is 0.130. The Bertz CT molecular complexity index is 1620. The second-order valence-electron chi connectivity index (χ2n) is 7.46. The minimum atomic E-state index is -0.530. The van der Waals surface area contributed by atoms with E-state index < -0.39 is 11.5 Å². The van der Waals surface area contributed by atoms with E-state index in [4.69, 9.17) is 20.9 Å². The number of anilines is 1. The van der Waals surface area contributed by atoms with Crippen molar-refractivity contribution in [1.29, 1.82) is 0 Å². The average Bonchev–Trinajstić information content (AvgIpc) is 3.35. The topological polar surface area (TPSA) is 104 Å². The van der Waals surface area contributed by atoms with Crippen LogP contribution in [0.4, 0.5) is 5.82 Å². The van der Waals surface area contributed by atoms with Gasteiger partial charge in [-0.05, 0) is 31.2 Å². The van der Waals surface area contributed by atoms with Crippen molar-refractivity contribution in [3.63, 3.8) is 0 Å². The summed E-state index contributed by atoms with van der Waals surface area (Å²) in [5, 5.41) is 12.5. The van der Waals surface area contributed by atoms with Crippen molar-refractivity contribution < 1.29 is 14.1 Å². The van der Waals surface area contributed by atoms with Crippen LogP contribution in [0.5, 0.6) is 5.75 Å². The molecule has 0 fully saturated rings. The SMILES string of the molecule is COc1ccc(-n2nc(C(=O)Nc3cc(C)on3)c3c4ccccc4n(C)c3c2=O)cc1Cl. The first-order valence-electron chi connectivity index (χ1n) is 9.98. The quantitative estimate of drug-likeness (QED) is 0.430. The van der Waals surface area contributed by atoms with E-state index in [0.717, 1.165) is 15.6 Å². The third-order valence-electron chi connectivity index (χ3n) is 5.40. The highest BCUT2D eigenvalue weighted by molar-refractivity contribution is 6.32. The molecule has 0 atom stereocenters. The van der Waals surface area contributed by atoms with E-state index in [1.54, 1.807) is 42.8 Å². The van der Waals surface area contributed by atoms with Crippen molar-refractivity contribution >= 4 is 45.1 Å². The van der Waals surface area contributed by atoms with E-state index in [1.165, 1.54) is 7.11 Å². The Kier molecular flexibility index (Phi) is 4.90. The lowest BCUT2D eigenvalue weighted by Gasteiger charge is -2.11. The number of aromatic nitrogens is 4. The van der Waals surface area contributed by atoms with Gasteiger partial charge < -0.3 is 19.1 Å². The maximum Gasteiger partial charge on any atom is 0.296 e. The van der Waals surface area contributed by atoms with E-state index in [1.807, 2.05) is 24.3 Å². The Morgan fingerprint density at radius 1 is 1.18 bits per heavy atom. The number of ether oxygens (including phenoxy) is 1. The lowest BCUT2D eigenvalue weighted by molar-refractivity contribution is 0.102. The van der Waals surface area contributed by atoms with Gasteiger partial charge in [0.05, 0.1) is 17.8 Å². The zero-order valence-corrected chi connectivity index (χ0v) is 18.7. The van der Waals surface area contributed by atoms with Gasteiger partial charge in [-0.15, -0.1) is 0 Å². The number of amides is 1. The summed E-state index contributed by atoms with van der Waals surface area (Å²) in [4.78, 5) is 26.9. The van der Waals surface area contributed by atoms with Gasteiger partial charge in [0.15, 0.2) is 11.5 Å². The minimum Gasteiger partial charge on any atom is -0.495 e. The number of rotatable bonds is 4. The second-order valence-corrected chi connectivity index (χ2v) is 7.87. The van der Waals surface area contributed by atoms with Crippen LogP contribution in [-0.2, 0) is 7.05 Å². The molecule has 9 nitrogen and oxygen atoms in total. The highest BCUT2D eigenvalue weighted by atomic mass is 35.5. The van der Waals surface area contributed by atoms with Gasteiger partial charge in [-0.2, -0.15) is 9.78 Å². The van der Waals surface area contributed by atoms with Gasteiger partial charge in [0.25, 0.3) is 11.5 Å². The highest BCUT2D eigenvalue weighted by Gasteiger charge is 2.24. The fourth-order valence-electron chi connectivity index (χ4n) is 3.90. The normalized spacial score (nSPS) is 11.3. The third-order valence-corrected chi connectivity index (χ3v) is 5.70. The lowest BCUT2D eigenvalue weighted by Crippen LogP contribution is -2.27. The molecule has 0 saturated carbocycles. The fourth-order valence-corrected chi connectivity index (χ4v) is 4.15. The lowest BCUT2D eigenvalue weighted by atomic mass is 10.1. The molecule has 1 N–H and O–H groups in total. The molecule has 1 amide bonds. The van der Waals surface area contributed by atoms with Crippen LogP contribution in [0, 0.1) is 6.92 Å². The third kappa shape index (κ3) is 3.33. The van der Waals surface area contributed by atoms with Crippen LogP contribution < -0.4 is 15.6 Å². The summed E-state index contributed by atoms with van der Waals surface area (Å²) in [6.07, 6.45) is 0. The monoisotopic (exact) mass is 463 g/mol. The van der Waals surface area contributed by atoms with E-state index in [9.17, 15) is 9.59 Å². The molecule has 0 radical (unpaired) electrons. The van der Waals surface area contributed by atoms with Crippen LogP contribution in [0.2, 0.25) is 5.02 Å². The van der Waals surface area contributed by atoms with Gasteiger partial charge in [-0.3, -0.25) is 9.59 Å². The predicted molar refractivity (Wildman–Crippen MR) is 125 cm³/mol. The number of hydrogen-bond acceptors (Lipinski definition) is 6. The van der Waals surface area contributed by atoms with Crippen LogP contribution in [0.15, 0.2) is 57.8 Å². The van der Waals surface area contributed by atoms with Crippen LogP contribution in [0.1, 0.15) is 16.2 Å². The molecule has 166 valence electrons. The molecule has 0 spiro atoms. The smallest absolute Gasteiger partial charge is 0.296 e. The Morgan fingerprint density at radius 2 is 1.97 bits per heavy atom. The number of hydrogen-bond donors (Lipinski definition) is 1. The Morgan fingerprint density at radius 3 is 2.67 bits per heavy atom. The summed E-state index contributed by atoms with van der Waals surface area (Å²) in [7, 11) is 3.28. The molecule has 0 bridgehead atoms. The van der Waals surface area contributed by atoms with E-state index in [-0.39, 0.29) is 11.5 Å². The van der Waals surface area contributed by atoms with E-state index in [0.29, 0.717) is 33.1 Å². The first-order chi connectivity index (χ1) is 15.9. The largest absolute Gasteiger partial charge is 0.495 e. The number of aryl methyl sites for hydroxylation is 2. The van der Waals surface area contributed by atoms with Crippen LogP contribution >= 0.6 is 11.6 Å². The first-order valence-corrected chi connectivity index (χ1v) is 10.4. The molecule has 0 saturated heterocycles. The predicted octanol–water partition coefficient (Wildman–Crippen LogP) is 4.09. The molecule has 5 aromatic rings. The Balaban J connectivity index is 1.81. The maximum atomic E-state index is 13.6. The van der Waals surface area contributed by atoms with Crippen molar-refractivity contribution in [2.24, 2.45) is 7.05 Å². The van der Waals surface area contributed by atoms with Gasteiger partial charge in [-0.25, -0.2) is 0 Å². The standard InChI is InChI=1S/C23H18ClN5O4/c1-12-10-18(27-33-12)25-22(30)20-19-14-6-4-5-7-16(14)28(2)21(19)23(31)29(26-20)13-8-9-17(32-3)15(24)11-13/h4-11H,1-3H3,(H,25,27,30). The zero-order valence-electron chi connectivity index (χ0n) is 17.9. The molecule has 33 heavy (non-hydrogen) atoms. The van der Waals surface area contributed by atoms with Crippen LogP contribution in [-0.4, -0.2) is 32.5 Å². The summed E-state index contributed by atoms with van der Waals surface area (Å²) in [6, 6.07) is 13.9. The average molecular weight is 464 g/mol. The number of carbonyl (C=O) groups excluding carboxylic acids is 1. The minimum absolute atomic E-state index is 0.0639. The number of methoxy groups -OCH3 is 1. The maximum absolute atomic E-state index is 13.6. The van der Waals surface area contributed by atoms with Crippen LogP contribution in [0.3, 0.4) is 0 Å². The van der Waals surface area contributed by atoms with Gasteiger partial charge in [0, 0.05) is 29.4 Å². The molecule has 0 unspecified atom stereocenters. The van der Waals surface area contributed by atoms with Crippen LogP contribution in [0.25, 0.3) is 27.5 Å². The summed E-state index contributed by atoms with van der Waals surface area (Å²) in [5.41, 5.74) is 1.19. The van der Waals surface area contributed by atoms with Crippen molar-refractivity contribution in [3.8, 4) is 11.4 Å². The molecule has 10 heteroatoms. The van der Waals surface area contributed by atoms with Gasteiger partial charge in [0.2, 0.25) is 0 Å². The number of fused-ring (bicyclic) bond motifs is 3. The Labute approximate surface area is 192 Å². The summed E-state index contributed by atoms with van der Waals surface area (Å²) < 4.78 is 13.2. The molecule has 0 aliphatic carbocycles. The molecule has 3 heterocycles. The van der Waals surface area contributed by atoms with Crippen molar-refractivity contribution in [3.05, 3.63) is 75.4 Å². The zero-order chi connectivity index (χ0) is 23.3. The molecule has 5 rings (SSSR count). The van der Waals surface area contributed by atoms with Crippen molar-refractivity contribution in [1.82, 2.24) is 19.5 Å². The summed E-state index contributed by atoms with van der Waals surface area (Å²) >= 11 is 6.29. The van der Waals surface area contributed by atoms with E-state index in [2.05, 4.69) is 15.6 Å². The number of carbonyl (C=O) groups is 1.